The maximum Gasteiger partial charge on any atom is 0.416 e. The molecule has 0 saturated carbocycles. The van der Waals surface area contributed by atoms with Crippen molar-refractivity contribution in [3.63, 3.8) is 0 Å². The van der Waals surface area contributed by atoms with Crippen molar-refractivity contribution in [2.24, 2.45) is 0 Å². The van der Waals surface area contributed by atoms with Crippen LogP contribution in [0.25, 0.3) is 0 Å². The van der Waals surface area contributed by atoms with Crippen LogP contribution in [0, 0.1) is 0 Å². The Kier molecular flexibility index (Phi) is 3.92. The monoisotopic (exact) mass is 348 g/mol. The molecule has 0 unspecified atom stereocenters. The molecule has 1 atom stereocenters. The predicted octanol–water partition coefficient (Wildman–Crippen LogP) is 2.74. The highest BCUT2D eigenvalue weighted by atomic mass is 32.1. The Balaban J connectivity index is 1.60. The lowest BCUT2D eigenvalue weighted by Crippen LogP contribution is -2.44. The molecule has 23 heavy (non-hydrogen) atoms. The summed E-state index contributed by atoms with van der Waals surface area (Å²) in [4.78, 5) is 30.1. The topological polar surface area (TPSA) is 49.9 Å². The van der Waals surface area contributed by atoms with Crippen LogP contribution in [0.4, 0.5) is 4.79 Å². The minimum absolute atomic E-state index is 0.104. The summed E-state index contributed by atoms with van der Waals surface area (Å²) in [6, 6.07) is 6.42. The van der Waals surface area contributed by atoms with Crippen LogP contribution in [0.5, 0.6) is 0 Å². The van der Waals surface area contributed by atoms with Crippen LogP contribution in [-0.4, -0.2) is 48.0 Å². The third kappa shape index (κ3) is 2.69. The largest absolute Gasteiger partial charge is 0.447 e. The third-order valence-corrected chi connectivity index (χ3v) is 6.20. The number of thiophene rings is 2. The van der Waals surface area contributed by atoms with E-state index in [1.165, 1.54) is 20.2 Å². The Morgan fingerprint density at radius 2 is 2.17 bits per heavy atom. The first-order valence-electron chi connectivity index (χ1n) is 7.55. The van der Waals surface area contributed by atoms with Crippen molar-refractivity contribution in [1.82, 2.24) is 9.80 Å². The number of fused-ring (bicyclic) bond motifs is 1. The molecule has 0 spiro atoms. The molecule has 5 nitrogen and oxygen atoms in total. The minimum Gasteiger partial charge on any atom is -0.447 e. The van der Waals surface area contributed by atoms with Gasteiger partial charge in [-0.25, -0.2) is 9.69 Å². The van der Waals surface area contributed by atoms with Crippen LogP contribution in [0.15, 0.2) is 29.0 Å². The molecular weight excluding hydrogens is 332 g/mol. The van der Waals surface area contributed by atoms with E-state index >= 15 is 0 Å². The molecule has 2 aromatic rings. The summed E-state index contributed by atoms with van der Waals surface area (Å²) in [6.45, 7) is 1.73. The molecule has 0 radical (unpaired) electrons. The molecule has 1 fully saturated rings. The second kappa shape index (κ2) is 6.07. The minimum atomic E-state index is -0.518. The zero-order chi connectivity index (χ0) is 15.8. The lowest BCUT2D eigenvalue weighted by Gasteiger charge is -2.35. The van der Waals surface area contributed by atoms with Gasteiger partial charge in [0.25, 0.3) is 0 Å². The van der Waals surface area contributed by atoms with E-state index in [1.54, 1.807) is 22.7 Å². The van der Waals surface area contributed by atoms with Crippen molar-refractivity contribution in [2.45, 2.75) is 12.5 Å². The van der Waals surface area contributed by atoms with Crippen molar-refractivity contribution in [1.29, 1.82) is 0 Å². The fraction of sp³-hybridized carbons (Fsp3) is 0.375. The highest BCUT2D eigenvalue weighted by molar-refractivity contribution is 7.10. The number of imide groups is 1. The van der Waals surface area contributed by atoms with Crippen LogP contribution < -0.4 is 0 Å². The van der Waals surface area contributed by atoms with Gasteiger partial charge in [-0.3, -0.25) is 9.69 Å². The molecule has 0 N–H and O–H groups in total. The maximum atomic E-state index is 12.5. The van der Waals surface area contributed by atoms with Crippen LogP contribution in [0.2, 0.25) is 0 Å². The maximum absolute atomic E-state index is 12.5. The van der Waals surface area contributed by atoms with Crippen LogP contribution in [0.1, 0.15) is 21.4 Å². The van der Waals surface area contributed by atoms with E-state index in [-0.39, 0.29) is 18.5 Å². The SMILES string of the molecule is O=C(CN1CCc2sccc2[C@@H]1c1cccs1)N1CCOC1=O. The summed E-state index contributed by atoms with van der Waals surface area (Å²) in [6.07, 6.45) is 0.433. The van der Waals surface area contributed by atoms with E-state index in [2.05, 4.69) is 27.8 Å². The van der Waals surface area contributed by atoms with E-state index in [0.717, 1.165) is 13.0 Å². The van der Waals surface area contributed by atoms with Gasteiger partial charge < -0.3 is 4.74 Å². The smallest absolute Gasteiger partial charge is 0.416 e. The normalized spacial score (nSPS) is 21.3. The second-order valence-electron chi connectivity index (χ2n) is 5.60. The molecule has 4 heterocycles. The Morgan fingerprint density at radius 3 is 2.91 bits per heavy atom. The molecule has 1 saturated heterocycles. The number of amides is 2. The van der Waals surface area contributed by atoms with E-state index < -0.39 is 6.09 Å². The van der Waals surface area contributed by atoms with Gasteiger partial charge in [0.15, 0.2) is 0 Å². The average Bonchev–Trinajstić information content (AvgIpc) is 3.27. The number of hydrogen-bond donors (Lipinski definition) is 0. The van der Waals surface area contributed by atoms with Gasteiger partial charge in [-0.2, -0.15) is 0 Å². The molecule has 0 bridgehead atoms. The third-order valence-electron chi connectivity index (χ3n) is 4.28. The first-order chi connectivity index (χ1) is 11.2. The highest BCUT2D eigenvalue weighted by Gasteiger charge is 2.35. The van der Waals surface area contributed by atoms with Gasteiger partial charge in [0, 0.05) is 16.3 Å². The molecule has 2 aliphatic rings. The molecule has 2 aliphatic heterocycles. The van der Waals surface area contributed by atoms with Crippen LogP contribution in [-0.2, 0) is 16.0 Å². The van der Waals surface area contributed by atoms with Gasteiger partial charge in [-0.15, -0.1) is 22.7 Å². The van der Waals surface area contributed by atoms with Gasteiger partial charge in [0.05, 0.1) is 19.1 Å². The molecule has 0 aliphatic carbocycles. The average molecular weight is 348 g/mol. The second-order valence-corrected chi connectivity index (χ2v) is 7.58. The summed E-state index contributed by atoms with van der Waals surface area (Å²) in [5.41, 5.74) is 1.29. The number of ether oxygens (including phenoxy) is 1. The van der Waals surface area contributed by atoms with Gasteiger partial charge >= 0.3 is 6.09 Å². The molecule has 2 aromatic heterocycles. The van der Waals surface area contributed by atoms with Gasteiger partial charge in [-0.05, 0) is 34.9 Å². The number of carbonyl (C=O) groups is 2. The van der Waals surface area contributed by atoms with Crippen molar-refractivity contribution < 1.29 is 14.3 Å². The summed E-state index contributed by atoms with van der Waals surface area (Å²) in [5, 5.41) is 4.18. The van der Waals surface area contributed by atoms with Crippen molar-refractivity contribution in [3.05, 3.63) is 44.3 Å². The van der Waals surface area contributed by atoms with Gasteiger partial charge in [-0.1, -0.05) is 6.07 Å². The molecule has 7 heteroatoms. The highest BCUT2D eigenvalue weighted by Crippen LogP contribution is 2.39. The summed E-state index contributed by atoms with van der Waals surface area (Å²) in [7, 11) is 0. The molecule has 0 aromatic carbocycles. The zero-order valence-electron chi connectivity index (χ0n) is 12.4. The van der Waals surface area contributed by atoms with Gasteiger partial charge in [0.2, 0.25) is 5.91 Å². The number of rotatable bonds is 3. The quantitative estimate of drug-likeness (QED) is 0.856. The first kappa shape index (κ1) is 14.9. The standard InChI is InChI=1S/C16H16N2O3S2/c19-14(18-6-7-21-16(18)20)10-17-5-3-12-11(4-9-23-12)15(17)13-2-1-8-22-13/h1-2,4,8-9,15H,3,5-7,10H2/t15-/m1/s1. The number of hydrogen-bond acceptors (Lipinski definition) is 6. The van der Waals surface area contributed by atoms with E-state index in [1.807, 2.05) is 6.07 Å². The predicted molar refractivity (Wildman–Crippen MR) is 88.8 cm³/mol. The van der Waals surface area contributed by atoms with E-state index in [4.69, 9.17) is 4.74 Å². The van der Waals surface area contributed by atoms with E-state index in [9.17, 15) is 9.59 Å². The number of cyclic esters (lactones) is 1. The van der Waals surface area contributed by atoms with Crippen molar-refractivity contribution >= 4 is 34.7 Å². The number of carbonyl (C=O) groups excluding carboxylic acids is 2. The summed E-state index contributed by atoms with van der Waals surface area (Å²) < 4.78 is 4.87. The Hall–Kier alpha value is -1.70. The van der Waals surface area contributed by atoms with Gasteiger partial charge in [0.1, 0.15) is 6.61 Å². The fourth-order valence-electron chi connectivity index (χ4n) is 3.20. The summed E-state index contributed by atoms with van der Waals surface area (Å²) in [5.74, 6) is -0.173. The van der Waals surface area contributed by atoms with E-state index in [0.29, 0.717) is 13.2 Å². The fourth-order valence-corrected chi connectivity index (χ4v) is 4.98. The van der Waals surface area contributed by atoms with Crippen LogP contribution >= 0.6 is 22.7 Å². The Bertz CT molecular complexity index is 726. The lowest BCUT2D eigenvalue weighted by molar-refractivity contribution is -0.129. The lowest BCUT2D eigenvalue weighted by atomic mass is 9.98. The first-order valence-corrected chi connectivity index (χ1v) is 9.31. The Morgan fingerprint density at radius 1 is 1.26 bits per heavy atom. The molecule has 120 valence electrons. The van der Waals surface area contributed by atoms with Crippen molar-refractivity contribution in [3.8, 4) is 0 Å². The summed E-state index contributed by atoms with van der Waals surface area (Å²) >= 11 is 3.49. The molecular formula is C16H16N2O3S2. The van der Waals surface area contributed by atoms with Crippen LogP contribution in [0.3, 0.4) is 0 Å². The van der Waals surface area contributed by atoms with Crippen molar-refractivity contribution in [2.75, 3.05) is 26.2 Å². The number of nitrogens with zero attached hydrogens (tertiary/aromatic N) is 2. The Labute approximate surface area is 142 Å². The molecule has 2 amide bonds. The zero-order valence-corrected chi connectivity index (χ0v) is 14.1. The molecule has 4 rings (SSSR count).